The van der Waals surface area contributed by atoms with Gasteiger partial charge in [-0.1, -0.05) is 12.1 Å². The van der Waals surface area contributed by atoms with E-state index in [1.165, 1.54) is 0 Å². The van der Waals surface area contributed by atoms with Crippen LogP contribution in [-0.2, 0) is 0 Å². The van der Waals surface area contributed by atoms with Crippen LogP contribution in [0.25, 0.3) is 0 Å². The minimum Gasteiger partial charge on any atom is -0.349 e. The summed E-state index contributed by atoms with van der Waals surface area (Å²) in [4.78, 5) is 15.7. The van der Waals surface area contributed by atoms with Crippen molar-refractivity contribution in [3.8, 4) is 0 Å². The van der Waals surface area contributed by atoms with Gasteiger partial charge >= 0.3 is 0 Å². The minimum atomic E-state index is -0.286. The van der Waals surface area contributed by atoms with Crippen molar-refractivity contribution in [3.05, 3.63) is 11.7 Å². The van der Waals surface area contributed by atoms with Crippen LogP contribution in [0.3, 0.4) is 0 Å². The van der Waals surface area contributed by atoms with E-state index in [-0.39, 0.29) is 17.8 Å². The van der Waals surface area contributed by atoms with Crippen LogP contribution in [0.1, 0.15) is 49.2 Å². The first-order chi connectivity index (χ1) is 8.22. The maximum atomic E-state index is 11.5. The normalized spacial score (nSPS) is 24.6. The van der Waals surface area contributed by atoms with Gasteiger partial charge in [-0.05, 0) is 32.2 Å². The first-order valence-corrected chi connectivity index (χ1v) is 6.07. The van der Waals surface area contributed by atoms with Crippen LogP contribution in [0.4, 0.5) is 0 Å². The summed E-state index contributed by atoms with van der Waals surface area (Å²) in [6.45, 7) is 5.51. The lowest BCUT2D eigenvalue weighted by molar-refractivity contribution is 0.0942. The monoisotopic (exact) mass is 238 g/mol. The van der Waals surface area contributed by atoms with Crippen LogP contribution < -0.4 is 10.6 Å². The van der Waals surface area contributed by atoms with Gasteiger partial charge in [0.15, 0.2) is 0 Å². The zero-order valence-electron chi connectivity index (χ0n) is 10.2. The molecule has 0 aliphatic carbocycles. The van der Waals surface area contributed by atoms with E-state index in [0.717, 1.165) is 19.4 Å². The highest BCUT2D eigenvalue weighted by molar-refractivity contribution is 5.90. The Morgan fingerprint density at radius 3 is 3.18 bits per heavy atom. The molecule has 6 nitrogen and oxygen atoms in total. The molecule has 1 saturated heterocycles. The molecule has 0 bridgehead atoms. The van der Waals surface area contributed by atoms with Crippen molar-refractivity contribution < 1.29 is 9.32 Å². The number of amides is 1. The molecule has 2 N–H and O–H groups in total. The Morgan fingerprint density at radius 1 is 1.65 bits per heavy atom. The average molecular weight is 238 g/mol. The minimum absolute atomic E-state index is 0.0689. The number of piperidine rings is 1. The second kappa shape index (κ2) is 5.27. The van der Waals surface area contributed by atoms with Crippen LogP contribution >= 0.6 is 0 Å². The van der Waals surface area contributed by atoms with Crippen molar-refractivity contribution in [2.75, 3.05) is 13.1 Å². The van der Waals surface area contributed by atoms with Crippen LogP contribution in [0, 0.1) is 5.92 Å². The molecule has 17 heavy (non-hydrogen) atoms. The summed E-state index contributed by atoms with van der Waals surface area (Å²) in [5.41, 5.74) is 0. The SMILES string of the molecule is CCNC(=O)c1noc(C2NCCCC2C)n1. The molecule has 1 amide bonds. The Morgan fingerprint density at radius 2 is 2.47 bits per heavy atom. The van der Waals surface area contributed by atoms with Crippen LogP contribution in [0.15, 0.2) is 4.52 Å². The van der Waals surface area contributed by atoms with Gasteiger partial charge in [0.05, 0.1) is 6.04 Å². The van der Waals surface area contributed by atoms with Crippen molar-refractivity contribution >= 4 is 5.91 Å². The van der Waals surface area contributed by atoms with Crippen LogP contribution in [0.5, 0.6) is 0 Å². The maximum absolute atomic E-state index is 11.5. The fraction of sp³-hybridized carbons (Fsp3) is 0.727. The second-order valence-electron chi connectivity index (χ2n) is 4.37. The van der Waals surface area contributed by atoms with Gasteiger partial charge in [-0.15, -0.1) is 0 Å². The summed E-state index contributed by atoms with van der Waals surface area (Å²) in [6, 6.07) is 0.0689. The van der Waals surface area contributed by atoms with Crippen molar-refractivity contribution in [1.29, 1.82) is 0 Å². The Hall–Kier alpha value is -1.43. The number of aromatic nitrogens is 2. The number of carbonyl (C=O) groups excluding carboxylic acids is 1. The standard InChI is InChI=1S/C11H18N4O2/c1-3-12-10(16)9-14-11(17-15-9)8-7(2)5-4-6-13-8/h7-8,13H,3-6H2,1-2H3,(H,12,16). The van der Waals surface area contributed by atoms with Gasteiger partial charge in [0.2, 0.25) is 5.89 Å². The zero-order valence-corrected chi connectivity index (χ0v) is 10.2. The zero-order chi connectivity index (χ0) is 12.3. The van der Waals surface area contributed by atoms with Gasteiger partial charge in [0.1, 0.15) is 0 Å². The lowest BCUT2D eigenvalue weighted by atomic mass is 9.93. The van der Waals surface area contributed by atoms with E-state index in [0.29, 0.717) is 18.4 Å². The highest BCUT2D eigenvalue weighted by Gasteiger charge is 2.28. The van der Waals surface area contributed by atoms with Crippen LogP contribution in [0.2, 0.25) is 0 Å². The van der Waals surface area contributed by atoms with Gasteiger partial charge in [-0.3, -0.25) is 4.79 Å². The molecular weight excluding hydrogens is 220 g/mol. The van der Waals surface area contributed by atoms with Crippen molar-refractivity contribution in [2.24, 2.45) is 5.92 Å². The highest BCUT2D eigenvalue weighted by Crippen LogP contribution is 2.27. The molecule has 2 heterocycles. The van der Waals surface area contributed by atoms with E-state index in [1.54, 1.807) is 0 Å². The third-order valence-electron chi connectivity index (χ3n) is 3.02. The van der Waals surface area contributed by atoms with Crippen LogP contribution in [-0.4, -0.2) is 29.1 Å². The number of hydrogen-bond donors (Lipinski definition) is 2. The number of nitrogens with zero attached hydrogens (tertiary/aromatic N) is 2. The summed E-state index contributed by atoms with van der Waals surface area (Å²) in [5, 5.41) is 9.69. The van der Waals surface area contributed by atoms with Gasteiger partial charge in [-0.25, -0.2) is 0 Å². The maximum Gasteiger partial charge on any atom is 0.292 e. The van der Waals surface area contributed by atoms with E-state index in [9.17, 15) is 4.79 Å². The first kappa shape index (κ1) is 12.0. The topological polar surface area (TPSA) is 80.0 Å². The molecule has 1 aromatic rings. The van der Waals surface area contributed by atoms with Gasteiger partial charge < -0.3 is 15.2 Å². The molecule has 1 aromatic heterocycles. The summed E-state index contributed by atoms with van der Waals surface area (Å²) >= 11 is 0. The van der Waals surface area contributed by atoms with Gasteiger partial charge in [0, 0.05) is 6.54 Å². The lowest BCUT2D eigenvalue weighted by Crippen LogP contribution is -2.33. The molecule has 0 radical (unpaired) electrons. The number of nitrogens with one attached hydrogen (secondary N) is 2. The Kier molecular flexibility index (Phi) is 3.73. The van der Waals surface area contributed by atoms with Crippen molar-refractivity contribution in [1.82, 2.24) is 20.8 Å². The molecule has 0 aromatic carbocycles. The van der Waals surface area contributed by atoms with E-state index in [2.05, 4.69) is 27.7 Å². The summed E-state index contributed by atoms with van der Waals surface area (Å²) < 4.78 is 5.16. The predicted molar refractivity (Wildman–Crippen MR) is 61.4 cm³/mol. The fourth-order valence-corrected chi connectivity index (χ4v) is 2.07. The van der Waals surface area contributed by atoms with Gasteiger partial charge in [-0.2, -0.15) is 4.98 Å². The summed E-state index contributed by atoms with van der Waals surface area (Å²) in [6.07, 6.45) is 2.30. The largest absolute Gasteiger partial charge is 0.349 e. The number of carbonyl (C=O) groups is 1. The molecule has 1 aliphatic heterocycles. The number of rotatable bonds is 3. The fourth-order valence-electron chi connectivity index (χ4n) is 2.07. The lowest BCUT2D eigenvalue weighted by Gasteiger charge is -2.26. The van der Waals surface area contributed by atoms with Crippen molar-refractivity contribution in [3.63, 3.8) is 0 Å². The molecule has 1 fully saturated rings. The Balaban J connectivity index is 2.09. The Labute approximate surface area is 100 Å². The third-order valence-corrected chi connectivity index (χ3v) is 3.02. The van der Waals surface area contributed by atoms with Crippen molar-refractivity contribution in [2.45, 2.75) is 32.7 Å². The molecule has 0 spiro atoms. The molecule has 0 saturated carbocycles. The first-order valence-electron chi connectivity index (χ1n) is 6.07. The molecular formula is C11H18N4O2. The average Bonchev–Trinajstić information content (AvgIpc) is 2.79. The molecule has 2 rings (SSSR count). The summed E-state index contributed by atoms with van der Waals surface area (Å²) in [7, 11) is 0. The molecule has 2 atom stereocenters. The smallest absolute Gasteiger partial charge is 0.292 e. The predicted octanol–water partition coefficient (Wildman–Crippen LogP) is 0.880. The van der Waals surface area contributed by atoms with Gasteiger partial charge in [0.25, 0.3) is 11.7 Å². The molecule has 2 unspecified atom stereocenters. The Bertz CT molecular complexity index is 391. The highest BCUT2D eigenvalue weighted by atomic mass is 16.5. The van der Waals surface area contributed by atoms with E-state index in [1.807, 2.05) is 6.92 Å². The molecule has 6 heteroatoms. The van der Waals surface area contributed by atoms with E-state index in [4.69, 9.17) is 4.52 Å². The third kappa shape index (κ3) is 2.63. The second-order valence-corrected chi connectivity index (χ2v) is 4.37. The van der Waals surface area contributed by atoms with E-state index >= 15 is 0 Å². The summed E-state index contributed by atoms with van der Waals surface area (Å²) in [5.74, 6) is 0.789. The van der Waals surface area contributed by atoms with E-state index < -0.39 is 0 Å². The molecule has 94 valence electrons. The quantitative estimate of drug-likeness (QED) is 0.817. The number of hydrogen-bond acceptors (Lipinski definition) is 5. The molecule has 1 aliphatic rings.